The first-order valence-electron chi connectivity index (χ1n) is 7.59. The van der Waals surface area contributed by atoms with Gasteiger partial charge in [0.1, 0.15) is 17.8 Å². The fraction of sp³-hybridized carbons (Fsp3) is 0.176. The van der Waals surface area contributed by atoms with Gasteiger partial charge in [0.15, 0.2) is 0 Å². The van der Waals surface area contributed by atoms with Crippen LogP contribution in [0.4, 0.5) is 0 Å². The van der Waals surface area contributed by atoms with E-state index in [-0.39, 0.29) is 12.5 Å². The van der Waals surface area contributed by atoms with Crippen molar-refractivity contribution < 1.29 is 9.53 Å². The molecule has 7 heteroatoms. The molecule has 0 unspecified atom stereocenters. The highest BCUT2D eigenvalue weighted by atomic mass is 16.5. The van der Waals surface area contributed by atoms with Crippen molar-refractivity contribution in [3.63, 3.8) is 0 Å². The predicted octanol–water partition coefficient (Wildman–Crippen LogP) is 1.98. The highest BCUT2D eigenvalue weighted by Crippen LogP contribution is 2.11. The van der Waals surface area contributed by atoms with Crippen molar-refractivity contribution in [2.75, 3.05) is 6.61 Å². The number of nitrogens with one attached hydrogen (secondary N) is 1. The fourth-order valence-corrected chi connectivity index (χ4v) is 2.20. The Kier molecular flexibility index (Phi) is 4.81. The van der Waals surface area contributed by atoms with Crippen molar-refractivity contribution >= 4 is 23.2 Å². The minimum atomic E-state index is -0.271. The molecule has 3 rings (SSSR count). The lowest BCUT2D eigenvalue weighted by Crippen LogP contribution is -2.23. The Bertz CT molecular complexity index is 855. The van der Waals surface area contributed by atoms with E-state index in [1.165, 1.54) is 4.68 Å². The predicted molar refractivity (Wildman–Crippen MR) is 90.9 cm³/mol. The number of carbonyl (C=O) groups excluding carboxylic acids is 1. The van der Waals surface area contributed by atoms with Gasteiger partial charge in [0.05, 0.1) is 18.3 Å². The lowest BCUT2D eigenvalue weighted by molar-refractivity contribution is -0.121. The summed E-state index contributed by atoms with van der Waals surface area (Å²) in [6, 6.07) is 14.9. The minimum absolute atomic E-state index is 0.0567. The van der Waals surface area contributed by atoms with Crippen LogP contribution in [0.3, 0.4) is 0 Å². The number of rotatable bonds is 6. The van der Waals surface area contributed by atoms with Crippen molar-refractivity contribution in [2.24, 2.45) is 5.10 Å². The molecule has 0 fully saturated rings. The van der Waals surface area contributed by atoms with Crippen LogP contribution in [0.1, 0.15) is 12.5 Å². The Balaban J connectivity index is 1.57. The molecule has 0 saturated heterocycles. The van der Waals surface area contributed by atoms with Crippen LogP contribution in [0.2, 0.25) is 0 Å². The topological polar surface area (TPSA) is 81.4 Å². The molecule has 3 aromatic rings. The molecule has 0 saturated carbocycles. The van der Waals surface area contributed by atoms with E-state index >= 15 is 0 Å². The van der Waals surface area contributed by atoms with Gasteiger partial charge in [-0.3, -0.25) is 4.79 Å². The first-order chi connectivity index (χ1) is 11.8. The standard InChI is InChI=1S/C17H17N5O2/c1-2-24-14-9-7-13(8-10-14)11-18-20-17(23)12-22-16-6-4-3-5-15(16)19-21-22/h3-11H,2,12H2,1H3,(H,20,23). The number of hydrogen-bond donors (Lipinski definition) is 1. The van der Waals surface area contributed by atoms with Gasteiger partial charge in [0, 0.05) is 0 Å². The zero-order valence-corrected chi connectivity index (χ0v) is 13.2. The molecular weight excluding hydrogens is 306 g/mol. The molecule has 24 heavy (non-hydrogen) atoms. The van der Waals surface area contributed by atoms with E-state index in [0.717, 1.165) is 22.3 Å². The lowest BCUT2D eigenvalue weighted by Gasteiger charge is -2.02. The molecule has 122 valence electrons. The molecule has 0 aliphatic rings. The Morgan fingerprint density at radius 2 is 2.04 bits per heavy atom. The average molecular weight is 323 g/mol. The summed E-state index contributed by atoms with van der Waals surface area (Å²) in [6.45, 7) is 2.62. The van der Waals surface area contributed by atoms with Crippen molar-refractivity contribution in [3.8, 4) is 5.75 Å². The Labute approximate surface area is 138 Å². The van der Waals surface area contributed by atoms with Crippen molar-refractivity contribution in [2.45, 2.75) is 13.5 Å². The summed E-state index contributed by atoms with van der Waals surface area (Å²) in [4.78, 5) is 12.0. The van der Waals surface area contributed by atoms with Crippen LogP contribution in [0.5, 0.6) is 5.75 Å². The summed E-state index contributed by atoms with van der Waals surface area (Å²) in [5.41, 5.74) is 4.91. The smallest absolute Gasteiger partial charge is 0.261 e. The average Bonchev–Trinajstić information content (AvgIpc) is 3.00. The molecule has 1 aromatic heterocycles. The Morgan fingerprint density at radius 3 is 2.83 bits per heavy atom. The summed E-state index contributed by atoms with van der Waals surface area (Å²) < 4.78 is 6.91. The monoisotopic (exact) mass is 323 g/mol. The van der Waals surface area contributed by atoms with Gasteiger partial charge in [-0.1, -0.05) is 17.3 Å². The zero-order valence-electron chi connectivity index (χ0n) is 13.2. The third-order valence-electron chi connectivity index (χ3n) is 3.31. The minimum Gasteiger partial charge on any atom is -0.494 e. The van der Waals surface area contributed by atoms with Crippen molar-refractivity contribution in [3.05, 3.63) is 54.1 Å². The van der Waals surface area contributed by atoms with E-state index in [9.17, 15) is 4.79 Å². The van der Waals surface area contributed by atoms with Gasteiger partial charge >= 0.3 is 0 Å². The summed E-state index contributed by atoms with van der Waals surface area (Å²) in [6.07, 6.45) is 1.58. The molecule has 7 nitrogen and oxygen atoms in total. The number of fused-ring (bicyclic) bond motifs is 1. The van der Waals surface area contributed by atoms with Crippen LogP contribution in [0.25, 0.3) is 11.0 Å². The number of aromatic nitrogens is 3. The lowest BCUT2D eigenvalue weighted by atomic mass is 10.2. The second-order valence-electron chi connectivity index (χ2n) is 5.03. The van der Waals surface area contributed by atoms with Gasteiger partial charge in [-0.15, -0.1) is 5.10 Å². The molecule has 2 aromatic carbocycles. The maximum atomic E-state index is 12.0. The van der Waals surface area contributed by atoms with Gasteiger partial charge in [0.2, 0.25) is 0 Å². The van der Waals surface area contributed by atoms with E-state index < -0.39 is 0 Å². The number of ether oxygens (including phenoxy) is 1. The van der Waals surface area contributed by atoms with Crippen LogP contribution in [-0.4, -0.2) is 33.7 Å². The van der Waals surface area contributed by atoms with Gasteiger partial charge < -0.3 is 4.74 Å². The number of carbonyl (C=O) groups is 1. The zero-order chi connectivity index (χ0) is 16.8. The molecular formula is C17H17N5O2. The van der Waals surface area contributed by atoms with E-state index in [0.29, 0.717) is 6.61 Å². The van der Waals surface area contributed by atoms with Gasteiger partial charge in [-0.2, -0.15) is 5.10 Å². The highest BCUT2D eigenvalue weighted by molar-refractivity contribution is 5.83. The van der Waals surface area contributed by atoms with Crippen molar-refractivity contribution in [1.82, 2.24) is 20.4 Å². The summed E-state index contributed by atoms with van der Waals surface area (Å²) in [5, 5.41) is 11.9. The van der Waals surface area contributed by atoms with Crippen LogP contribution < -0.4 is 10.2 Å². The van der Waals surface area contributed by atoms with Crippen molar-refractivity contribution in [1.29, 1.82) is 0 Å². The second-order valence-corrected chi connectivity index (χ2v) is 5.03. The van der Waals surface area contributed by atoms with E-state index in [1.54, 1.807) is 6.21 Å². The van der Waals surface area contributed by atoms with Gasteiger partial charge in [-0.05, 0) is 48.9 Å². The van der Waals surface area contributed by atoms with E-state index in [2.05, 4.69) is 20.8 Å². The molecule has 0 radical (unpaired) electrons. The van der Waals surface area contributed by atoms with Crippen LogP contribution in [0, 0.1) is 0 Å². The maximum absolute atomic E-state index is 12.0. The van der Waals surface area contributed by atoms with Gasteiger partial charge in [-0.25, -0.2) is 10.1 Å². The van der Waals surface area contributed by atoms with E-state index in [4.69, 9.17) is 4.74 Å². The Morgan fingerprint density at radius 1 is 1.25 bits per heavy atom. The Hall–Kier alpha value is -3.22. The van der Waals surface area contributed by atoms with Gasteiger partial charge in [0.25, 0.3) is 5.91 Å². The van der Waals surface area contributed by atoms with Crippen LogP contribution in [-0.2, 0) is 11.3 Å². The molecule has 0 spiro atoms. The fourth-order valence-electron chi connectivity index (χ4n) is 2.20. The normalized spacial score (nSPS) is 11.0. The number of amides is 1. The quantitative estimate of drug-likeness (QED) is 0.555. The molecule has 1 heterocycles. The van der Waals surface area contributed by atoms with Crippen LogP contribution >= 0.6 is 0 Å². The molecule has 0 aliphatic heterocycles. The first kappa shape index (κ1) is 15.7. The number of hydrazone groups is 1. The first-order valence-corrected chi connectivity index (χ1v) is 7.59. The largest absolute Gasteiger partial charge is 0.494 e. The highest BCUT2D eigenvalue weighted by Gasteiger charge is 2.07. The molecule has 0 aliphatic carbocycles. The summed E-state index contributed by atoms with van der Waals surface area (Å²) >= 11 is 0. The third kappa shape index (κ3) is 3.75. The SMILES string of the molecule is CCOc1ccc(C=NNC(=O)Cn2nnc3ccccc32)cc1. The summed E-state index contributed by atoms with van der Waals surface area (Å²) in [7, 11) is 0. The van der Waals surface area contributed by atoms with E-state index in [1.807, 2.05) is 55.5 Å². The summed E-state index contributed by atoms with van der Waals surface area (Å²) in [5.74, 6) is 0.532. The molecule has 0 bridgehead atoms. The number of hydrogen-bond acceptors (Lipinski definition) is 5. The molecule has 1 amide bonds. The second kappa shape index (κ2) is 7.36. The van der Waals surface area contributed by atoms with Crippen LogP contribution in [0.15, 0.2) is 53.6 Å². The number of benzene rings is 2. The third-order valence-corrected chi connectivity index (χ3v) is 3.31. The number of para-hydroxylation sites is 1. The molecule has 0 atom stereocenters. The number of nitrogens with zero attached hydrogens (tertiary/aromatic N) is 4. The maximum Gasteiger partial charge on any atom is 0.261 e. The molecule has 1 N–H and O–H groups in total.